The van der Waals surface area contributed by atoms with E-state index >= 15 is 0 Å². The molecule has 0 heterocycles. The van der Waals surface area contributed by atoms with Crippen LogP contribution in [0.25, 0.3) is 0 Å². The largest absolute Gasteiger partial charge is 0.479 e. The number of ether oxygens (including phenoxy) is 2. The molecule has 0 amide bonds. The van der Waals surface area contributed by atoms with Crippen LogP contribution in [0.5, 0.6) is 11.5 Å². The zero-order valence-electron chi connectivity index (χ0n) is 10.6. The van der Waals surface area contributed by atoms with Crippen molar-refractivity contribution in [3.63, 3.8) is 0 Å². The molecule has 2 aromatic carbocycles. The molecular formula is C15H15NO3. The fourth-order valence-electron chi connectivity index (χ4n) is 1.53. The van der Waals surface area contributed by atoms with Gasteiger partial charge in [0.05, 0.1) is 0 Å². The van der Waals surface area contributed by atoms with E-state index in [4.69, 9.17) is 15.2 Å². The molecule has 2 N–H and O–H groups in total. The highest BCUT2D eigenvalue weighted by Crippen LogP contribution is 2.17. The minimum absolute atomic E-state index is 0.450. The van der Waals surface area contributed by atoms with Gasteiger partial charge in [-0.15, -0.1) is 0 Å². The maximum atomic E-state index is 11.8. The van der Waals surface area contributed by atoms with Crippen LogP contribution in [0.4, 0.5) is 5.69 Å². The zero-order valence-corrected chi connectivity index (χ0v) is 10.6. The lowest BCUT2D eigenvalue weighted by Crippen LogP contribution is -2.28. The molecule has 0 aliphatic rings. The Balaban J connectivity index is 1.96. The van der Waals surface area contributed by atoms with Crippen molar-refractivity contribution >= 4 is 11.7 Å². The number of benzene rings is 2. The van der Waals surface area contributed by atoms with Crippen molar-refractivity contribution in [2.45, 2.75) is 13.0 Å². The Kier molecular flexibility index (Phi) is 4.03. The van der Waals surface area contributed by atoms with E-state index in [2.05, 4.69) is 0 Å². The van der Waals surface area contributed by atoms with Gasteiger partial charge in [-0.25, -0.2) is 4.79 Å². The smallest absolute Gasteiger partial charge is 0.352 e. The van der Waals surface area contributed by atoms with Gasteiger partial charge >= 0.3 is 5.97 Å². The summed E-state index contributed by atoms with van der Waals surface area (Å²) in [7, 11) is 0. The van der Waals surface area contributed by atoms with Crippen LogP contribution in [0.3, 0.4) is 0 Å². The normalized spacial score (nSPS) is 11.6. The van der Waals surface area contributed by atoms with Gasteiger partial charge in [0.2, 0.25) is 0 Å². The molecular weight excluding hydrogens is 242 g/mol. The molecule has 0 bridgehead atoms. The average Bonchev–Trinajstić information content (AvgIpc) is 2.40. The summed E-state index contributed by atoms with van der Waals surface area (Å²) in [6, 6.07) is 15.8. The average molecular weight is 257 g/mol. The Labute approximate surface area is 111 Å². The maximum Gasteiger partial charge on any atom is 0.352 e. The summed E-state index contributed by atoms with van der Waals surface area (Å²) in [5.74, 6) is 0.585. The molecule has 0 aromatic heterocycles. The first-order valence-electron chi connectivity index (χ1n) is 5.94. The molecule has 4 heteroatoms. The van der Waals surface area contributed by atoms with E-state index in [1.54, 1.807) is 55.5 Å². The van der Waals surface area contributed by atoms with Crippen LogP contribution >= 0.6 is 0 Å². The van der Waals surface area contributed by atoms with Crippen molar-refractivity contribution in [1.82, 2.24) is 0 Å². The van der Waals surface area contributed by atoms with Crippen molar-refractivity contribution in [3.8, 4) is 11.5 Å². The molecule has 0 aliphatic heterocycles. The van der Waals surface area contributed by atoms with Gasteiger partial charge in [-0.1, -0.05) is 24.3 Å². The standard InChI is InChI=1S/C15H15NO3/c1-11(18-14-9-5-6-12(16)10-14)15(17)19-13-7-3-2-4-8-13/h2-11H,16H2,1H3/t11-/m1/s1. The summed E-state index contributed by atoms with van der Waals surface area (Å²) in [6.07, 6.45) is -0.706. The van der Waals surface area contributed by atoms with Crippen LogP contribution < -0.4 is 15.2 Å². The van der Waals surface area contributed by atoms with Crippen LogP contribution in [0.15, 0.2) is 54.6 Å². The van der Waals surface area contributed by atoms with Crippen molar-refractivity contribution in [3.05, 3.63) is 54.6 Å². The summed E-state index contributed by atoms with van der Waals surface area (Å²) in [6.45, 7) is 1.63. The monoisotopic (exact) mass is 257 g/mol. The summed E-state index contributed by atoms with van der Waals surface area (Å²) in [5, 5.41) is 0. The summed E-state index contributed by atoms with van der Waals surface area (Å²) in [5.41, 5.74) is 6.22. The highest BCUT2D eigenvalue weighted by atomic mass is 16.6. The van der Waals surface area contributed by atoms with Crippen LogP contribution in [0, 0.1) is 0 Å². The summed E-state index contributed by atoms with van der Waals surface area (Å²) in [4.78, 5) is 11.8. The van der Waals surface area contributed by atoms with E-state index in [-0.39, 0.29) is 0 Å². The van der Waals surface area contributed by atoms with Crippen molar-refractivity contribution in [1.29, 1.82) is 0 Å². The zero-order chi connectivity index (χ0) is 13.7. The number of rotatable bonds is 4. The van der Waals surface area contributed by atoms with Gasteiger partial charge in [-0.3, -0.25) is 0 Å². The Morgan fingerprint density at radius 2 is 1.74 bits per heavy atom. The Morgan fingerprint density at radius 3 is 2.42 bits per heavy atom. The minimum Gasteiger partial charge on any atom is -0.479 e. The van der Waals surface area contributed by atoms with Crippen molar-refractivity contribution < 1.29 is 14.3 Å². The SMILES string of the molecule is C[C@@H](Oc1cccc(N)c1)C(=O)Oc1ccccc1. The molecule has 2 rings (SSSR count). The van der Waals surface area contributed by atoms with Gasteiger partial charge in [-0.2, -0.15) is 0 Å². The van der Waals surface area contributed by atoms with Gasteiger partial charge in [0.15, 0.2) is 6.10 Å². The maximum absolute atomic E-state index is 11.8. The van der Waals surface area contributed by atoms with Crippen LogP contribution in [0.1, 0.15) is 6.92 Å². The first-order chi connectivity index (χ1) is 9.15. The second-order valence-electron chi connectivity index (χ2n) is 4.07. The molecule has 0 unspecified atom stereocenters. The van der Waals surface area contributed by atoms with Crippen molar-refractivity contribution in [2.24, 2.45) is 0 Å². The van der Waals surface area contributed by atoms with E-state index in [9.17, 15) is 4.79 Å². The number of nitrogen functional groups attached to an aromatic ring is 1. The highest BCUT2D eigenvalue weighted by Gasteiger charge is 2.17. The molecule has 2 aromatic rings. The molecule has 0 spiro atoms. The number of carbonyl (C=O) groups excluding carboxylic acids is 1. The third-order valence-electron chi connectivity index (χ3n) is 2.46. The molecule has 0 aliphatic carbocycles. The molecule has 0 radical (unpaired) electrons. The van der Waals surface area contributed by atoms with Gasteiger partial charge in [0.1, 0.15) is 11.5 Å². The number of esters is 1. The van der Waals surface area contributed by atoms with Gasteiger partial charge < -0.3 is 15.2 Å². The quantitative estimate of drug-likeness (QED) is 0.519. The molecule has 98 valence electrons. The topological polar surface area (TPSA) is 61.5 Å². The third kappa shape index (κ3) is 3.74. The van der Waals surface area contributed by atoms with Gasteiger partial charge in [0.25, 0.3) is 0 Å². The molecule has 0 fully saturated rings. The number of hydrogen-bond acceptors (Lipinski definition) is 4. The van der Waals surface area contributed by atoms with E-state index in [0.717, 1.165) is 0 Å². The molecule has 4 nitrogen and oxygen atoms in total. The highest BCUT2D eigenvalue weighted by molar-refractivity contribution is 5.77. The fourth-order valence-corrected chi connectivity index (χ4v) is 1.53. The predicted molar refractivity (Wildman–Crippen MR) is 73.0 cm³/mol. The summed E-state index contributed by atoms with van der Waals surface area (Å²) >= 11 is 0. The lowest BCUT2D eigenvalue weighted by atomic mass is 10.3. The van der Waals surface area contributed by atoms with E-state index < -0.39 is 12.1 Å². The second kappa shape index (κ2) is 5.91. The molecule has 0 saturated carbocycles. The number of carbonyl (C=O) groups is 1. The predicted octanol–water partition coefficient (Wildman–Crippen LogP) is 2.64. The van der Waals surface area contributed by atoms with Crippen molar-refractivity contribution in [2.75, 3.05) is 5.73 Å². The van der Waals surface area contributed by atoms with Gasteiger partial charge in [0, 0.05) is 11.8 Å². The molecule has 19 heavy (non-hydrogen) atoms. The fraction of sp³-hybridized carbons (Fsp3) is 0.133. The lowest BCUT2D eigenvalue weighted by Gasteiger charge is -2.14. The number of para-hydroxylation sites is 1. The molecule has 1 atom stereocenters. The first kappa shape index (κ1) is 13.0. The van der Waals surface area contributed by atoms with Crippen LogP contribution in [-0.4, -0.2) is 12.1 Å². The second-order valence-corrected chi connectivity index (χ2v) is 4.07. The lowest BCUT2D eigenvalue weighted by molar-refractivity contribution is -0.141. The first-order valence-corrected chi connectivity index (χ1v) is 5.94. The third-order valence-corrected chi connectivity index (χ3v) is 2.46. The van der Waals surface area contributed by atoms with E-state index in [1.165, 1.54) is 0 Å². The molecule has 0 saturated heterocycles. The van der Waals surface area contributed by atoms with Gasteiger partial charge in [-0.05, 0) is 31.2 Å². The van der Waals surface area contributed by atoms with E-state index in [0.29, 0.717) is 17.2 Å². The van der Waals surface area contributed by atoms with Crippen LogP contribution in [-0.2, 0) is 4.79 Å². The summed E-state index contributed by atoms with van der Waals surface area (Å²) < 4.78 is 10.7. The number of nitrogens with two attached hydrogens (primary N) is 1. The Hall–Kier alpha value is -2.49. The Morgan fingerprint density at radius 1 is 1.05 bits per heavy atom. The minimum atomic E-state index is -0.706. The number of hydrogen-bond donors (Lipinski definition) is 1. The van der Waals surface area contributed by atoms with Crippen LogP contribution in [0.2, 0.25) is 0 Å². The van der Waals surface area contributed by atoms with E-state index in [1.807, 2.05) is 6.07 Å². The Bertz CT molecular complexity index is 554. The number of anilines is 1.